The Morgan fingerprint density at radius 3 is 2.56 bits per heavy atom. The van der Waals surface area contributed by atoms with E-state index in [1.807, 2.05) is 0 Å². The van der Waals surface area contributed by atoms with E-state index in [0.29, 0.717) is 0 Å². The van der Waals surface area contributed by atoms with E-state index in [9.17, 15) is 0 Å². The monoisotopic (exact) mass is 239 g/mol. The lowest BCUT2D eigenvalue weighted by molar-refractivity contribution is 0.174. The first-order chi connectivity index (χ1) is 8.88. The van der Waals surface area contributed by atoms with Gasteiger partial charge in [0, 0.05) is 0 Å². The molecule has 1 N–H and O–H groups in total. The van der Waals surface area contributed by atoms with E-state index < -0.39 is 0 Å². The van der Waals surface area contributed by atoms with Crippen molar-refractivity contribution in [1.29, 1.82) is 0 Å². The van der Waals surface area contributed by atoms with Crippen molar-refractivity contribution in [2.45, 2.75) is 19.3 Å². The summed E-state index contributed by atoms with van der Waals surface area (Å²) in [7, 11) is 2.06. The minimum Gasteiger partial charge on any atom is -0.319 e. The van der Waals surface area contributed by atoms with Gasteiger partial charge in [-0.3, -0.25) is 0 Å². The highest BCUT2D eigenvalue weighted by atomic mass is 14.8. The molecule has 0 saturated heterocycles. The predicted octanol–water partition coefficient (Wildman–Crippen LogP) is 3.63. The molecule has 1 fully saturated rings. The average Bonchev–Trinajstić information content (AvgIpc) is 2.41. The van der Waals surface area contributed by atoms with Crippen molar-refractivity contribution in [2.75, 3.05) is 13.6 Å². The van der Waals surface area contributed by atoms with E-state index in [2.05, 4.69) is 54.8 Å². The number of benzene rings is 2. The Morgan fingerprint density at radius 1 is 1.00 bits per heavy atom. The smallest absolute Gasteiger partial charge is 0.00208 e. The Labute approximate surface area is 109 Å². The second-order valence-electron chi connectivity index (χ2n) is 5.50. The van der Waals surface area contributed by atoms with Gasteiger partial charge in [0.1, 0.15) is 0 Å². The summed E-state index contributed by atoms with van der Waals surface area (Å²) in [5.41, 5.74) is 1.53. The Kier molecular flexibility index (Phi) is 3.33. The normalized spacial score (nSPS) is 22.9. The number of fused-ring (bicyclic) bond motifs is 1. The molecular formula is C17H21N. The van der Waals surface area contributed by atoms with Gasteiger partial charge in [0.05, 0.1) is 0 Å². The van der Waals surface area contributed by atoms with Crippen molar-refractivity contribution in [2.24, 2.45) is 11.8 Å². The van der Waals surface area contributed by atoms with Crippen LogP contribution >= 0.6 is 0 Å². The third kappa shape index (κ3) is 2.15. The lowest BCUT2D eigenvalue weighted by Gasteiger charge is -2.37. The maximum Gasteiger partial charge on any atom is -0.00208 e. The third-order valence-electron chi connectivity index (χ3n) is 4.40. The van der Waals surface area contributed by atoms with Crippen LogP contribution < -0.4 is 5.32 Å². The SMILES string of the molecule is CNCC1CCC1Cc1cccc2ccccc12. The van der Waals surface area contributed by atoms with Crippen molar-refractivity contribution in [3.8, 4) is 0 Å². The second kappa shape index (κ2) is 5.11. The van der Waals surface area contributed by atoms with Crippen molar-refractivity contribution in [1.82, 2.24) is 5.32 Å². The zero-order chi connectivity index (χ0) is 12.4. The van der Waals surface area contributed by atoms with Crippen LogP contribution in [0.1, 0.15) is 18.4 Å². The molecule has 1 saturated carbocycles. The van der Waals surface area contributed by atoms with Crippen LogP contribution in [0.5, 0.6) is 0 Å². The highest BCUT2D eigenvalue weighted by Gasteiger charge is 2.30. The van der Waals surface area contributed by atoms with Crippen LogP contribution in [0, 0.1) is 11.8 Å². The standard InChI is InChI=1S/C17H21N/c1-18-12-16-10-9-14(16)11-15-7-4-6-13-5-2-3-8-17(13)15/h2-8,14,16,18H,9-12H2,1H3. The topological polar surface area (TPSA) is 12.0 Å². The molecule has 2 aromatic carbocycles. The molecule has 0 heterocycles. The lowest BCUT2D eigenvalue weighted by atomic mass is 9.70. The van der Waals surface area contributed by atoms with Crippen molar-refractivity contribution in [3.63, 3.8) is 0 Å². The first kappa shape index (κ1) is 11.7. The van der Waals surface area contributed by atoms with E-state index >= 15 is 0 Å². The second-order valence-corrected chi connectivity index (χ2v) is 5.50. The van der Waals surface area contributed by atoms with E-state index in [1.54, 1.807) is 0 Å². The van der Waals surface area contributed by atoms with Crippen LogP contribution in [0.25, 0.3) is 10.8 Å². The fourth-order valence-electron chi connectivity index (χ4n) is 3.19. The number of hydrogen-bond donors (Lipinski definition) is 1. The first-order valence-electron chi connectivity index (χ1n) is 6.99. The minimum absolute atomic E-state index is 0.878. The van der Waals surface area contributed by atoms with Gasteiger partial charge in [0.2, 0.25) is 0 Å². The molecular weight excluding hydrogens is 218 g/mol. The fourth-order valence-corrected chi connectivity index (χ4v) is 3.19. The molecule has 0 amide bonds. The van der Waals surface area contributed by atoms with Crippen LogP contribution in [-0.4, -0.2) is 13.6 Å². The molecule has 0 spiro atoms. The summed E-state index contributed by atoms with van der Waals surface area (Å²) >= 11 is 0. The maximum absolute atomic E-state index is 3.32. The Hall–Kier alpha value is -1.34. The molecule has 1 heteroatoms. The Balaban J connectivity index is 1.82. The largest absolute Gasteiger partial charge is 0.319 e. The quantitative estimate of drug-likeness (QED) is 0.859. The zero-order valence-corrected chi connectivity index (χ0v) is 11.0. The van der Waals surface area contributed by atoms with Crippen LogP contribution in [0.3, 0.4) is 0 Å². The summed E-state index contributed by atoms with van der Waals surface area (Å²) in [6, 6.07) is 15.5. The van der Waals surface area contributed by atoms with Gasteiger partial charge in [-0.05, 0) is 61.0 Å². The molecule has 94 valence electrons. The van der Waals surface area contributed by atoms with Crippen LogP contribution in [-0.2, 0) is 6.42 Å². The summed E-state index contributed by atoms with van der Waals surface area (Å²) in [5, 5.41) is 6.14. The molecule has 3 rings (SSSR count). The highest BCUT2D eigenvalue weighted by Crippen LogP contribution is 2.37. The zero-order valence-electron chi connectivity index (χ0n) is 11.0. The third-order valence-corrected chi connectivity index (χ3v) is 4.40. The molecule has 1 aliphatic carbocycles. The molecule has 0 radical (unpaired) electrons. The number of rotatable bonds is 4. The van der Waals surface area contributed by atoms with Gasteiger partial charge in [-0.1, -0.05) is 42.5 Å². The van der Waals surface area contributed by atoms with Gasteiger partial charge < -0.3 is 5.32 Å². The Bertz CT molecular complexity index is 527. The van der Waals surface area contributed by atoms with Crippen LogP contribution in [0.4, 0.5) is 0 Å². The summed E-state index contributed by atoms with van der Waals surface area (Å²) in [6.07, 6.45) is 4.04. The molecule has 18 heavy (non-hydrogen) atoms. The summed E-state index contributed by atoms with van der Waals surface area (Å²) in [4.78, 5) is 0. The molecule has 1 nitrogen and oxygen atoms in total. The molecule has 2 atom stereocenters. The van der Waals surface area contributed by atoms with Crippen molar-refractivity contribution < 1.29 is 0 Å². The molecule has 2 unspecified atom stereocenters. The molecule has 1 aliphatic rings. The molecule has 0 aromatic heterocycles. The fraction of sp³-hybridized carbons (Fsp3) is 0.412. The lowest BCUT2D eigenvalue weighted by Crippen LogP contribution is -2.35. The van der Waals surface area contributed by atoms with Crippen molar-refractivity contribution in [3.05, 3.63) is 48.0 Å². The van der Waals surface area contributed by atoms with Gasteiger partial charge in [-0.2, -0.15) is 0 Å². The Morgan fingerprint density at radius 2 is 1.78 bits per heavy atom. The van der Waals surface area contributed by atoms with Gasteiger partial charge in [0.15, 0.2) is 0 Å². The number of nitrogens with one attached hydrogen (secondary N) is 1. The number of hydrogen-bond acceptors (Lipinski definition) is 1. The van der Waals surface area contributed by atoms with Gasteiger partial charge in [-0.25, -0.2) is 0 Å². The van der Waals surface area contributed by atoms with E-state index in [1.165, 1.54) is 42.1 Å². The predicted molar refractivity (Wildman–Crippen MR) is 77.8 cm³/mol. The van der Waals surface area contributed by atoms with Gasteiger partial charge >= 0.3 is 0 Å². The van der Waals surface area contributed by atoms with Crippen molar-refractivity contribution >= 4 is 10.8 Å². The summed E-state index contributed by atoms with van der Waals surface area (Å²) in [5.74, 6) is 1.76. The van der Waals surface area contributed by atoms with E-state index in [-0.39, 0.29) is 0 Å². The van der Waals surface area contributed by atoms with Gasteiger partial charge in [0.25, 0.3) is 0 Å². The first-order valence-corrected chi connectivity index (χ1v) is 6.99. The molecule has 0 aliphatic heterocycles. The minimum atomic E-state index is 0.878. The van der Waals surface area contributed by atoms with Crippen LogP contribution in [0.2, 0.25) is 0 Å². The average molecular weight is 239 g/mol. The highest BCUT2D eigenvalue weighted by molar-refractivity contribution is 5.85. The van der Waals surface area contributed by atoms with Crippen LogP contribution in [0.15, 0.2) is 42.5 Å². The molecule has 0 bridgehead atoms. The van der Waals surface area contributed by atoms with Gasteiger partial charge in [-0.15, -0.1) is 0 Å². The van der Waals surface area contributed by atoms with E-state index in [0.717, 1.165) is 11.8 Å². The summed E-state index contributed by atoms with van der Waals surface area (Å²) < 4.78 is 0. The maximum atomic E-state index is 3.32. The molecule has 2 aromatic rings. The summed E-state index contributed by atoms with van der Waals surface area (Å²) in [6.45, 7) is 1.18. The van der Waals surface area contributed by atoms with E-state index in [4.69, 9.17) is 0 Å².